The Kier molecular flexibility index (Phi) is 6.65. The molecule has 1 aliphatic heterocycles. The number of amides is 1. The number of ether oxygens (including phenoxy) is 4. The van der Waals surface area contributed by atoms with Crippen LogP contribution in [0.25, 0.3) is 0 Å². The molecule has 2 aliphatic rings. The lowest BCUT2D eigenvalue weighted by Gasteiger charge is -2.20. The van der Waals surface area contributed by atoms with Crippen molar-refractivity contribution in [3.63, 3.8) is 0 Å². The van der Waals surface area contributed by atoms with E-state index in [1.54, 1.807) is 18.9 Å². The van der Waals surface area contributed by atoms with Gasteiger partial charge < -0.3 is 23.8 Å². The Labute approximate surface area is 165 Å². The van der Waals surface area contributed by atoms with Gasteiger partial charge in [-0.1, -0.05) is 6.07 Å². The molecule has 154 valence electrons. The lowest BCUT2D eigenvalue weighted by atomic mass is 9.89. The third-order valence-corrected chi connectivity index (χ3v) is 5.56. The highest BCUT2D eigenvalue weighted by Crippen LogP contribution is 2.39. The van der Waals surface area contributed by atoms with Crippen molar-refractivity contribution in [1.29, 1.82) is 0 Å². The fourth-order valence-electron chi connectivity index (χ4n) is 4.10. The number of carbonyl (C=O) groups is 2. The molecule has 1 aromatic carbocycles. The molecule has 2 fully saturated rings. The van der Waals surface area contributed by atoms with Crippen LogP contribution in [0.5, 0.6) is 11.5 Å². The molecule has 2 atom stereocenters. The maximum Gasteiger partial charge on any atom is 0.409 e. The zero-order chi connectivity index (χ0) is 20.1. The minimum absolute atomic E-state index is 0.186. The summed E-state index contributed by atoms with van der Waals surface area (Å²) < 4.78 is 21.7. The maximum atomic E-state index is 12.4. The van der Waals surface area contributed by atoms with Crippen LogP contribution in [-0.4, -0.2) is 57.0 Å². The van der Waals surface area contributed by atoms with E-state index in [2.05, 4.69) is 0 Å². The predicted molar refractivity (Wildman–Crippen MR) is 103 cm³/mol. The summed E-state index contributed by atoms with van der Waals surface area (Å²) in [5.74, 6) is 0.400. The molecular weight excluding hydrogens is 362 g/mol. The van der Waals surface area contributed by atoms with Crippen LogP contribution in [0.4, 0.5) is 4.79 Å². The summed E-state index contributed by atoms with van der Waals surface area (Å²) in [4.78, 5) is 26.1. The van der Waals surface area contributed by atoms with Crippen molar-refractivity contribution < 1.29 is 28.5 Å². The molecule has 0 N–H and O–H groups in total. The van der Waals surface area contributed by atoms with Crippen molar-refractivity contribution in [2.24, 2.45) is 5.92 Å². The summed E-state index contributed by atoms with van der Waals surface area (Å²) in [7, 11) is 2.99. The van der Waals surface area contributed by atoms with E-state index >= 15 is 0 Å². The first-order valence-electron chi connectivity index (χ1n) is 9.91. The molecular formula is C21H29NO6. The quantitative estimate of drug-likeness (QED) is 0.692. The van der Waals surface area contributed by atoms with E-state index in [1.807, 2.05) is 18.2 Å². The van der Waals surface area contributed by atoms with Crippen LogP contribution >= 0.6 is 0 Å². The summed E-state index contributed by atoms with van der Waals surface area (Å²) in [5.41, 5.74) is 0.927. The molecule has 1 saturated carbocycles. The van der Waals surface area contributed by atoms with Gasteiger partial charge >= 0.3 is 12.1 Å². The fraction of sp³-hybridized carbons (Fsp3) is 0.619. The normalized spacial score (nSPS) is 22.2. The second-order valence-corrected chi connectivity index (χ2v) is 7.27. The topological polar surface area (TPSA) is 74.3 Å². The Morgan fingerprint density at radius 2 is 1.86 bits per heavy atom. The number of benzene rings is 1. The number of hydrogen-bond donors (Lipinski definition) is 0. The van der Waals surface area contributed by atoms with Crippen molar-refractivity contribution in [1.82, 2.24) is 4.90 Å². The van der Waals surface area contributed by atoms with E-state index in [-0.39, 0.29) is 24.5 Å². The standard InChI is InChI=1S/C21H29NO6/c1-4-27-21(24)22-12-16(17(13-22)20(23)26-3)14-9-10-18(25-2)19(11-14)28-15-7-5-6-8-15/h9-11,15-17H,4-8,12-13H2,1-3H3/t16-,17+/m0/s1. The minimum Gasteiger partial charge on any atom is -0.493 e. The second kappa shape index (κ2) is 9.17. The van der Waals surface area contributed by atoms with E-state index in [0.29, 0.717) is 24.7 Å². The molecule has 1 aliphatic carbocycles. The Morgan fingerprint density at radius 1 is 1.11 bits per heavy atom. The van der Waals surface area contributed by atoms with Gasteiger partial charge in [-0.2, -0.15) is 0 Å². The zero-order valence-corrected chi connectivity index (χ0v) is 16.8. The van der Waals surface area contributed by atoms with Gasteiger partial charge in [-0.25, -0.2) is 4.79 Å². The smallest absolute Gasteiger partial charge is 0.409 e. The van der Waals surface area contributed by atoms with Gasteiger partial charge in [-0.05, 0) is 50.3 Å². The van der Waals surface area contributed by atoms with E-state index < -0.39 is 12.0 Å². The first kappa shape index (κ1) is 20.3. The number of methoxy groups -OCH3 is 2. The molecule has 0 aromatic heterocycles. The van der Waals surface area contributed by atoms with Crippen molar-refractivity contribution in [3.8, 4) is 11.5 Å². The van der Waals surface area contributed by atoms with Gasteiger partial charge in [0.1, 0.15) is 0 Å². The molecule has 7 heteroatoms. The van der Waals surface area contributed by atoms with Gasteiger partial charge in [0.2, 0.25) is 0 Å². The Morgan fingerprint density at radius 3 is 2.50 bits per heavy atom. The molecule has 1 heterocycles. The van der Waals surface area contributed by atoms with Crippen LogP contribution in [0.2, 0.25) is 0 Å². The van der Waals surface area contributed by atoms with E-state index in [1.165, 1.54) is 20.0 Å². The summed E-state index contributed by atoms with van der Waals surface area (Å²) in [5, 5.41) is 0. The van der Waals surface area contributed by atoms with Crippen LogP contribution in [0, 0.1) is 5.92 Å². The minimum atomic E-state index is -0.442. The Bertz CT molecular complexity index is 700. The average molecular weight is 391 g/mol. The molecule has 28 heavy (non-hydrogen) atoms. The average Bonchev–Trinajstić information content (AvgIpc) is 3.37. The van der Waals surface area contributed by atoms with Gasteiger partial charge in [-0.3, -0.25) is 4.79 Å². The molecule has 3 rings (SSSR count). The molecule has 0 unspecified atom stereocenters. The summed E-state index contributed by atoms with van der Waals surface area (Å²) in [6.07, 6.45) is 4.22. The summed E-state index contributed by atoms with van der Waals surface area (Å²) in [6.45, 7) is 2.74. The number of rotatable bonds is 6. The maximum absolute atomic E-state index is 12.4. The second-order valence-electron chi connectivity index (χ2n) is 7.27. The first-order valence-corrected chi connectivity index (χ1v) is 9.91. The number of likely N-dealkylation sites (tertiary alicyclic amines) is 1. The lowest BCUT2D eigenvalue weighted by Crippen LogP contribution is -2.30. The number of carbonyl (C=O) groups excluding carboxylic acids is 2. The molecule has 0 radical (unpaired) electrons. The highest BCUT2D eigenvalue weighted by atomic mass is 16.6. The van der Waals surface area contributed by atoms with Crippen molar-refractivity contribution in [2.75, 3.05) is 33.9 Å². The van der Waals surface area contributed by atoms with E-state index in [0.717, 1.165) is 18.4 Å². The summed E-state index contributed by atoms with van der Waals surface area (Å²) in [6, 6.07) is 5.73. The monoisotopic (exact) mass is 391 g/mol. The Hall–Kier alpha value is -2.44. The third kappa shape index (κ3) is 4.34. The molecule has 0 spiro atoms. The van der Waals surface area contributed by atoms with Crippen LogP contribution in [0.1, 0.15) is 44.1 Å². The molecule has 0 bridgehead atoms. The predicted octanol–water partition coefficient (Wildman–Crippen LogP) is 3.36. The summed E-state index contributed by atoms with van der Waals surface area (Å²) >= 11 is 0. The number of hydrogen-bond acceptors (Lipinski definition) is 6. The van der Waals surface area contributed by atoms with Crippen LogP contribution in [0.15, 0.2) is 18.2 Å². The van der Waals surface area contributed by atoms with Gasteiger partial charge in [0.15, 0.2) is 11.5 Å². The first-order chi connectivity index (χ1) is 13.6. The largest absolute Gasteiger partial charge is 0.493 e. The van der Waals surface area contributed by atoms with Gasteiger partial charge in [0, 0.05) is 19.0 Å². The van der Waals surface area contributed by atoms with Gasteiger partial charge in [0.25, 0.3) is 0 Å². The highest BCUT2D eigenvalue weighted by Gasteiger charge is 2.42. The number of nitrogens with zero attached hydrogens (tertiary/aromatic N) is 1. The van der Waals surface area contributed by atoms with Crippen molar-refractivity contribution in [2.45, 2.75) is 44.6 Å². The molecule has 1 amide bonds. The lowest BCUT2D eigenvalue weighted by molar-refractivity contribution is -0.145. The van der Waals surface area contributed by atoms with Crippen LogP contribution < -0.4 is 9.47 Å². The molecule has 1 saturated heterocycles. The SMILES string of the molecule is CCOC(=O)N1C[C@@H](C(=O)OC)[C@H](c2ccc(OC)c(OC3CCCC3)c2)C1. The van der Waals surface area contributed by atoms with Gasteiger partial charge in [0.05, 0.1) is 32.8 Å². The highest BCUT2D eigenvalue weighted by molar-refractivity contribution is 5.77. The Balaban J connectivity index is 1.85. The zero-order valence-electron chi connectivity index (χ0n) is 16.8. The van der Waals surface area contributed by atoms with Gasteiger partial charge in [-0.15, -0.1) is 0 Å². The number of esters is 1. The van der Waals surface area contributed by atoms with E-state index in [4.69, 9.17) is 18.9 Å². The molecule has 1 aromatic rings. The molecule has 7 nitrogen and oxygen atoms in total. The van der Waals surface area contributed by atoms with Crippen molar-refractivity contribution in [3.05, 3.63) is 23.8 Å². The van der Waals surface area contributed by atoms with Crippen LogP contribution in [0.3, 0.4) is 0 Å². The van der Waals surface area contributed by atoms with E-state index in [9.17, 15) is 9.59 Å². The van der Waals surface area contributed by atoms with Crippen molar-refractivity contribution >= 4 is 12.1 Å². The fourth-order valence-corrected chi connectivity index (χ4v) is 4.10. The van der Waals surface area contributed by atoms with Crippen LogP contribution in [-0.2, 0) is 14.3 Å². The third-order valence-electron chi connectivity index (χ3n) is 5.56.